The van der Waals surface area contributed by atoms with Gasteiger partial charge in [-0.05, 0) is 40.5 Å². The van der Waals surface area contributed by atoms with E-state index in [1.165, 1.54) is 0 Å². The zero-order chi connectivity index (χ0) is 12.4. The fraction of sp³-hybridized carbons (Fsp3) is 1.00. The largest absolute Gasteiger partial charge is 0.475 e. The minimum atomic E-state index is -0.304. The van der Waals surface area contributed by atoms with Crippen molar-refractivity contribution < 1.29 is 14.0 Å². The van der Waals surface area contributed by atoms with Gasteiger partial charge in [0, 0.05) is 19.7 Å². The second-order valence-corrected chi connectivity index (χ2v) is 5.42. The Kier molecular flexibility index (Phi) is 4.40. The van der Waals surface area contributed by atoms with Crippen molar-refractivity contribution >= 4 is 7.12 Å². The Morgan fingerprint density at radius 1 is 1.19 bits per heavy atom. The molecule has 1 aliphatic heterocycles. The van der Waals surface area contributed by atoms with Gasteiger partial charge in [0.25, 0.3) is 0 Å². The molecule has 1 aliphatic rings. The summed E-state index contributed by atoms with van der Waals surface area (Å²) >= 11 is 0. The lowest BCUT2D eigenvalue weighted by Gasteiger charge is -2.32. The summed E-state index contributed by atoms with van der Waals surface area (Å²) in [6, 6.07) is 0. The van der Waals surface area contributed by atoms with Gasteiger partial charge in [0.05, 0.1) is 11.2 Å². The van der Waals surface area contributed by atoms with Gasteiger partial charge in [0.1, 0.15) is 0 Å². The molecule has 1 unspecified atom stereocenters. The maximum absolute atomic E-state index is 6.06. The summed E-state index contributed by atoms with van der Waals surface area (Å²) in [6.07, 6.45) is 1.78. The first-order valence-electron chi connectivity index (χ1n) is 5.90. The van der Waals surface area contributed by atoms with Gasteiger partial charge in [0.2, 0.25) is 0 Å². The lowest BCUT2D eigenvalue weighted by Crippen LogP contribution is -2.41. The molecule has 0 aromatic rings. The van der Waals surface area contributed by atoms with Crippen molar-refractivity contribution in [2.75, 3.05) is 13.7 Å². The number of ether oxygens (including phenoxy) is 1. The fourth-order valence-electron chi connectivity index (χ4n) is 1.66. The molecule has 94 valence electrons. The number of rotatable bonds is 5. The van der Waals surface area contributed by atoms with E-state index in [0.717, 1.165) is 19.4 Å². The van der Waals surface area contributed by atoms with Crippen molar-refractivity contribution in [1.82, 2.24) is 0 Å². The lowest BCUT2D eigenvalue weighted by atomic mass is 9.76. The quantitative estimate of drug-likeness (QED) is 0.571. The Morgan fingerprint density at radius 2 is 1.69 bits per heavy atom. The molecular weight excluding hydrogens is 205 g/mol. The van der Waals surface area contributed by atoms with Crippen LogP contribution in [0.4, 0.5) is 0 Å². The summed E-state index contributed by atoms with van der Waals surface area (Å²) in [6.45, 7) is 8.88. The van der Waals surface area contributed by atoms with Crippen molar-refractivity contribution in [3.63, 3.8) is 0 Å². The highest BCUT2D eigenvalue weighted by molar-refractivity contribution is 6.47. The van der Waals surface area contributed by atoms with E-state index < -0.39 is 0 Å². The molecule has 1 fully saturated rings. The number of hydrogen-bond donors (Lipinski definition) is 1. The first-order chi connectivity index (χ1) is 7.30. The smallest absolute Gasteiger partial charge is 0.402 e. The van der Waals surface area contributed by atoms with Gasteiger partial charge in [-0.15, -0.1) is 0 Å². The first-order valence-corrected chi connectivity index (χ1v) is 5.90. The molecule has 4 nitrogen and oxygen atoms in total. The molecule has 0 bridgehead atoms. The lowest BCUT2D eigenvalue weighted by molar-refractivity contribution is 0.00578. The molecule has 0 aliphatic carbocycles. The van der Waals surface area contributed by atoms with Gasteiger partial charge in [0.15, 0.2) is 0 Å². The fourth-order valence-corrected chi connectivity index (χ4v) is 1.66. The third-order valence-electron chi connectivity index (χ3n) is 3.51. The summed E-state index contributed by atoms with van der Waals surface area (Å²) in [4.78, 5) is 0. The van der Waals surface area contributed by atoms with Crippen molar-refractivity contribution in [2.24, 2.45) is 5.73 Å². The van der Waals surface area contributed by atoms with Crippen LogP contribution >= 0.6 is 0 Å². The van der Waals surface area contributed by atoms with Crippen LogP contribution in [-0.2, 0) is 14.0 Å². The predicted molar refractivity (Wildman–Crippen MR) is 65.2 cm³/mol. The highest BCUT2D eigenvalue weighted by Gasteiger charge is 2.52. The Bertz CT molecular complexity index is 217. The zero-order valence-electron chi connectivity index (χ0n) is 11.1. The minimum Gasteiger partial charge on any atom is -0.402 e. The van der Waals surface area contributed by atoms with Crippen molar-refractivity contribution in [3.8, 4) is 0 Å². The third-order valence-corrected chi connectivity index (χ3v) is 3.51. The molecule has 0 radical (unpaired) electrons. The monoisotopic (exact) mass is 229 g/mol. The third kappa shape index (κ3) is 2.97. The van der Waals surface area contributed by atoms with E-state index in [1.54, 1.807) is 7.11 Å². The van der Waals surface area contributed by atoms with Gasteiger partial charge >= 0.3 is 7.12 Å². The van der Waals surface area contributed by atoms with Crippen LogP contribution in [0.5, 0.6) is 0 Å². The maximum atomic E-state index is 6.06. The summed E-state index contributed by atoms with van der Waals surface area (Å²) in [5, 5.41) is 0. The minimum absolute atomic E-state index is 0.0869. The highest BCUT2D eigenvalue weighted by Crippen LogP contribution is 2.37. The van der Waals surface area contributed by atoms with Crippen molar-refractivity contribution in [3.05, 3.63) is 0 Å². The second-order valence-electron chi connectivity index (χ2n) is 5.42. The van der Waals surface area contributed by atoms with Crippen LogP contribution in [0.15, 0.2) is 0 Å². The van der Waals surface area contributed by atoms with E-state index in [9.17, 15) is 0 Å². The van der Waals surface area contributed by atoms with E-state index in [4.69, 9.17) is 19.8 Å². The number of methoxy groups -OCH3 is 1. The van der Waals surface area contributed by atoms with E-state index in [-0.39, 0.29) is 24.3 Å². The summed E-state index contributed by atoms with van der Waals surface area (Å²) in [5.41, 5.74) is 5.47. The molecule has 2 N–H and O–H groups in total. The normalized spacial score (nSPS) is 24.8. The van der Waals surface area contributed by atoms with Gasteiger partial charge < -0.3 is 19.8 Å². The van der Waals surface area contributed by atoms with Crippen LogP contribution in [0.1, 0.15) is 40.5 Å². The SMILES string of the molecule is COCCCC(N)B1OC(C)(C)C(C)(C)O1. The van der Waals surface area contributed by atoms with Crippen LogP contribution in [0, 0.1) is 0 Å². The zero-order valence-corrected chi connectivity index (χ0v) is 11.1. The molecule has 0 aromatic heterocycles. The van der Waals surface area contributed by atoms with Crippen molar-refractivity contribution in [2.45, 2.75) is 57.7 Å². The van der Waals surface area contributed by atoms with Gasteiger partial charge in [-0.1, -0.05) is 0 Å². The Balaban J connectivity index is 2.46. The Hall–Kier alpha value is -0.0951. The van der Waals surface area contributed by atoms with Crippen LogP contribution in [0.25, 0.3) is 0 Å². The molecule has 1 atom stereocenters. The molecule has 16 heavy (non-hydrogen) atoms. The van der Waals surface area contributed by atoms with Crippen molar-refractivity contribution in [1.29, 1.82) is 0 Å². The van der Waals surface area contributed by atoms with E-state index in [0.29, 0.717) is 0 Å². The van der Waals surface area contributed by atoms with Crippen LogP contribution in [0.2, 0.25) is 0 Å². The van der Waals surface area contributed by atoms with E-state index >= 15 is 0 Å². The Morgan fingerprint density at radius 3 is 2.12 bits per heavy atom. The molecule has 1 heterocycles. The van der Waals surface area contributed by atoms with E-state index in [2.05, 4.69) is 0 Å². The van der Waals surface area contributed by atoms with Crippen LogP contribution < -0.4 is 5.73 Å². The van der Waals surface area contributed by atoms with Crippen LogP contribution in [0.3, 0.4) is 0 Å². The van der Waals surface area contributed by atoms with Gasteiger partial charge in [-0.3, -0.25) is 0 Å². The summed E-state index contributed by atoms with van der Waals surface area (Å²) in [7, 11) is 1.39. The highest BCUT2D eigenvalue weighted by atomic mass is 16.7. The molecule has 0 saturated carbocycles. The average molecular weight is 229 g/mol. The Labute approximate surface area is 99.0 Å². The maximum Gasteiger partial charge on any atom is 0.475 e. The average Bonchev–Trinajstić information content (AvgIpc) is 2.36. The molecule has 0 spiro atoms. The summed E-state index contributed by atoms with van der Waals surface area (Å²) < 4.78 is 16.7. The van der Waals surface area contributed by atoms with Gasteiger partial charge in [-0.2, -0.15) is 0 Å². The van der Waals surface area contributed by atoms with Gasteiger partial charge in [-0.25, -0.2) is 0 Å². The number of nitrogens with two attached hydrogens (primary N) is 1. The molecule has 1 rings (SSSR count). The predicted octanol–water partition coefficient (Wildman–Crippen LogP) is 1.37. The second kappa shape index (κ2) is 5.04. The first kappa shape index (κ1) is 14.0. The topological polar surface area (TPSA) is 53.7 Å². The molecular formula is C11H24BNO3. The van der Waals surface area contributed by atoms with E-state index in [1.807, 2.05) is 27.7 Å². The number of hydrogen-bond acceptors (Lipinski definition) is 4. The summed E-state index contributed by atoms with van der Waals surface area (Å²) in [5.74, 6) is -0.0869. The molecule has 0 amide bonds. The van der Waals surface area contributed by atoms with Crippen LogP contribution in [-0.4, -0.2) is 38.0 Å². The molecule has 5 heteroatoms. The molecule has 0 aromatic carbocycles. The standard InChI is InChI=1S/C11H24BNO3/c1-10(2)11(3,4)16-12(15-10)9(13)7-6-8-14-5/h9H,6-8,13H2,1-5H3. The molecule has 1 saturated heterocycles.